The molecular formula is C49H84N4O5. The Kier molecular flexibility index (Phi) is 30.2. The van der Waals surface area contributed by atoms with Crippen LogP contribution in [0.2, 0.25) is 0 Å². The average Bonchev–Trinajstić information content (AvgIpc) is 3.65. The van der Waals surface area contributed by atoms with E-state index in [-0.39, 0.29) is 24.4 Å². The van der Waals surface area contributed by atoms with Crippen LogP contribution in [0.4, 0.5) is 0 Å². The third-order valence-corrected chi connectivity index (χ3v) is 11.5. The minimum atomic E-state index is -0.634. The summed E-state index contributed by atoms with van der Waals surface area (Å²) in [6.07, 6.45) is 35.5. The molecule has 58 heavy (non-hydrogen) atoms. The summed E-state index contributed by atoms with van der Waals surface area (Å²) in [7, 11) is 1.65. The molecule has 9 heteroatoms. The van der Waals surface area contributed by atoms with Crippen molar-refractivity contribution in [2.45, 2.75) is 213 Å². The van der Waals surface area contributed by atoms with Crippen molar-refractivity contribution in [1.29, 1.82) is 0 Å². The predicted octanol–water partition coefficient (Wildman–Crippen LogP) is 11.9. The highest BCUT2D eigenvalue weighted by Gasteiger charge is 2.30. The van der Waals surface area contributed by atoms with Gasteiger partial charge in [0.1, 0.15) is 17.6 Å². The van der Waals surface area contributed by atoms with Crippen LogP contribution in [0.25, 0.3) is 0 Å². The molecule has 0 spiro atoms. The number of unbranched alkanes of at least 4 members (excludes halogenated alkanes) is 22. The number of ether oxygens (including phenoxy) is 2. The second kappa shape index (κ2) is 34.5. The monoisotopic (exact) mass is 809 g/mol. The predicted molar refractivity (Wildman–Crippen MR) is 239 cm³/mol. The first-order valence-corrected chi connectivity index (χ1v) is 23.7. The van der Waals surface area contributed by atoms with Crippen LogP contribution in [0.5, 0.6) is 5.75 Å². The lowest BCUT2D eigenvalue weighted by Crippen LogP contribution is -2.51. The number of methoxy groups -OCH3 is 1. The van der Waals surface area contributed by atoms with Gasteiger partial charge in [-0.25, -0.2) is 4.98 Å². The first kappa shape index (κ1) is 50.8. The van der Waals surface area contributed by atoms with Crippen molar-refractivity contribution in [3.63, 3.8) is 0 Å². The molecule has 1 aromatic heterocycles. The number of imidazole rings is 1. The molecule has 0 saturated carbocycles. The molecule has 0 saturated heterocycles. The van der Waals surface area contributed by atoms with Gasteiger partial charge in [-0.15, -0.1) is 0 Å². The van der Waals surface area contributed by atoms with Gasteiger partial charge in [-0.3, -0.25) is 14.4 Å². The number of amides is 2. The van der Waals surface area contributed by atoms with Gasteiger partial charge in [-0.05, 0) is 50.3 Å². The number of esters is 1. The summed E-state index contributed by atoms with van der Waals surface area (Å²) in [5, 5.41) is 3.14. The van der Waals surface area contributed by atoms with E-state index in [2.05, 4.69) is 28.7 Å². The molecule has 2 amide bonds. The quantitative estimate of drug-likeness (QED) is 0.0535. The standard InChI is InChI=1S/C49H84N4O5/c1-5-7-9-11-13-15-17-18-20-22-24-26-28-31-48(55)58-42-47(54)53(40-29-39-52-41-38-50-43(52)3)46(30-27-25-23-21-19-16-14-12-10-8-6-2)49(56)51-37-36-44-32-34-45(57-4)35-33-44/h32-35,38,41,46H,5-31,36-37,39-40,42H2,1-4H3,(H,51,56). The Hall–Kier alpha value is -3.36. The van der Waals surface area contributed by atoms with Gasteiger partial charge in [0.25, 0.3) is 5.91 Å². The average molecular weight is 809 g/mol. The maximum Gasteiger partial charge on any atom is 0.306 e. The van der Waals surface area contributed by atoms with Crippen molar-refractivity contribution in [2.75, 3.05) is 26.8 Å². The van der Waals surface area contributed by atoms with Crippen LogP contribution in [0.3, 0.4) is 0 Å². The molecule has 0 aliphatic heterocycles. The van der Waals surface area contributed by atoms with Crippen molar-refractivity contribution >= 4 is 17.8 Å². The Morgan fingerprint density at radius 2 is 1.22 bits per heavy atom. The Balaban J connectivity index is 1.93. The van der Waals surface area contributed by atoms with E-state index in [4.69, 9.17) is 9.47 Å². The molecule has 1 atom stereocenters. The SMILES string of the molecule is CCCCCCCCCCCCCCCC(=O)OCC(=O)N(CCCn1ccnc1C)C(CCCCCCCCCCCCC)C(=O)NCCc1ccc(OC)cc1. The molecular weight excluding hydrogens is 725 g/mol. The summed E-state index contributed by atoms with van der Waals surface area (Å²) < 4.78 is 12.9. The normalized spacial score (nSPS) is 11.7. The van der Waals surface area contributed by atoms with Gasteiger partial charge in [0.15, 0.2) is 6.61 Å². The van der Waals surface area contributed by atoms with Crippen LogP contribution in [-0.4, -0.2) is 65.1 Å². The van der Waals surface area contributed by atoms with Crippen LogP contribution < -0.4 is 10.1 Å². The molecule has 0 radical (unpaired) electrons. The van der Waals surface area contributed by atoms with E-state index in [9.17, 15) is 14.4 Å². The number of nitrogens with one attached hydrogen (secondary N) is 1. The first-order valence-electron chi connectivity index (χ1n) is 23.7. The van der Waals surface area contributed by atoms with E-state index in [1.807, 2.05) is 37.4 Å². The van der Waals surface area contributed by atoms with Crippen molar-refractivity contribution < 1.29 is 23.9 Å². The molecule has 1 N–H and O–H groups in total. The van der Waals surface area contributed by atoms with Crippen LogP contribution >= 0.6 is 0 Å². The lowest BCUT2D eigenvalue weighted by atomic mass is 10.0. The van der Waals surface area contributed by atoms with Gasteiger partial charge < -0.3 is 24.3 Å². The van der Waals surface area contributed by atoms with Gasteiger partial charge in [-0.1, -0.05) is 174 Å². The zero-order chi connectivity index (χ0) is 41.9. The van der Waals surface area contributed by atoms with E-state index in [1.165, 1.54) is 116 Å². The number of aromatic nitrogens is 2. The number of hydrogen-bond donors (Lipinski definition) is 1. The van der Waals surface area contributed by atoms with E-state index in [0.717, 1.165) is 55.7 Å². The zero-order valence-corrected chi connectivity index (χ0v) is 37.6. The summed E-state index contributed by atoms with van der Waals surface area (Å²) in [5.74, 6) is 0.917. The third-order valence-electron chi connectivity index (χ3n) is 11.5. The van der Waals surface area contributed by atoms with Crippen LogP contribution in [0.1, 0.15) is 199 Å². The summed E-state index contributed by atoms with van der Waals surface area (Å²) in [6.45, 7) is 7.67. The van der Waals surface area contributed by atoms with Gasteiger partial charge in [0.2, 0.25) is 5.91 Å². The summed E-state index contributed by atoms with van der Waals surface area (Å²) in [4.78, 5) is 46.7. The number of nitrogens with zero attached hydrogens (tertiary/aromatic N) is 3. The summed E-state index contributed by atoms with van der Waals surface area (Å²) in [5.41, 5.74) is 1.10. The number of hydrogen-bond acceptors (Lipinski definition) is 6. The molecule has 330 valence electrons. The smallest absolute Gasteiger partial charge is 0.306 e. The fraction of sp³-hybridized carbons (Fsp3) is 0.755. The lowest BCUT2D eigenvalue weighted by Gasteiger charge is -2.31. The number of aryl methyl sites for hydroxylation is 2. The van der Waals surface area contributed by atoms with Gasteiger partial charge in [0, 0.05) is 38.4 Å². The zero-order valence-electron chi connectivity index (χ0n) is 37.6. The highest BCUT2D eigenvalue weighted by molar-refractivity contribution is 5.88. The van der Waals surface area contributed by atoms with Crippen molar-refractivity contribution in [3.05, 3.63) is 48.0 Å². The molecule has 9 nitrogen and oxygen atoms in total. The molecule has 0 aliphatic carbocycles. The number of carbonyl (C=O) groups excluding carboxylic acids is 3. The highest BCUT2D eigenvalue weighted by Crippen LogP contribution is 2.18. The molecule has 0 bridgehead atoms. The fourth-order valence-electron chi connectivity index (χ4n) is 7.76. The summed E-state index contributed by atoms with van der Waals surface area (Å²) in [6, 6.07) is 7.23. The summed E-state index contributed by atoms with van der Waals surface area (Å²) >= 11 is 0. The molecule has 1 heterocycles. The first-order chi connectivity index (χ1) is 28.4. The fourth-order valence-corrected chi connectivity index (χ4v) is 7.76. The highest BCUT2D eigenvalue weighted by atomic mass is 16.5. The Bertz CT molecular complexity index is 1310. The van der Waals surface area contributed by atoms with Gasteiger partial charge in [0.05, 0.1) is 7.11 Å². The molecule has 0 fully saturated rings. The molecule has 1 unspecified atom stereocenters. The topological polar surface area (TPSA) is 103 Å². The Morgan fingerprint density at radius 3 is 1.72 bits per heavy atom. The van der Waals surface area contributed by atoms with E-state index >= 15 is 0 Å². The maximum atomic E-state index is 14.0. The van der Waals surface area contributed by atoms with E-state index in [1.54, 1.807) is 18.2 Å². The van der Waals surface area contributed by atoms with Crippen molar-refractivity contribution in [3.8, 4) is 5.75 Å². The van der Waals surface area contributed by atoms with Gasteiger partial charge in [-0.2, -0.15) is 0 Å². The largest absolute Gasteiger partial charge is 0.497 e. The van der Waals surface area contributed by atoms with Gasteiger partial charge >= 0.3 is 5.97 Å². The second-order valence-corrected chi connectivity index (χ2v) is 16.5. The Morgan fingerprint density at radius 1 is 0.707 bits per heavy atom. The minimum absolute atomic E-state index is 0.147. The molecule has 1 aromatic carbocycles. The van der Waals surface area contributed by atoms with E-state index in [0.29, 0.717) is 45.3 Å². The van der Waals surface area contributed by atoms with Crippen molar-refractivity contribution in [2.24, 2.45) is 0 Å². The van der Waals surface area contributed by atoms with Crippen LogP contribution in [-0.2, 0) is 32.1 Å². The number of carbonyl (C=O) groups is 3. The molecule has 0 aliphatic rings. The number of rotatable bonds is 38. The van der Waals surface area contributed by atoms with Crippen LogP contribution in [0, 0.1) is 6.92 Å². The third kappa shape index (κ3) is 24.5. The molecule has 2 rings (SSSR count). The maximum absolute atomic E-state index is 14.0. The lowest BCUT2D eigenvalue weighted by molar-refractivity contribution is -0.154. The number of benzene rings is 1. The van der Waals surface area contributed by atoms with E-state index < -0.39 is 6.04 Å². The minimum Gasteiger partial charge on any atom is -0.497 e. The second-order valence-electron chi connectivity index (χ2n) is 16.5. The van der Waals surface area contributed by atoms with Crippen molar-refractivity contribution in [1.82, 2.24) is 19.8 Å². The molecule has 2 aromatic rings. The Labute approximate surface area is 354 Å². The van der Waals surface area contributed by atoms with Crippen LogP contribution in [0.15, 0.2) is 36.7 Å².